The van der Waals surface area contributed by atoms with Crippen LogP contribution in [0.15, 0.2) is 41.4 Å². The number of aryl methyl sites for hydroxylation is 1. The van der Waals surface area contributed by atoms with Crippen molar-refractivity contribution in [2.24, 2.45) is 4.99 Å². The first kappa shape index (κ1) is 24.0. The first-order valence-electron chi connectivity index (χ1n) is 10.6. The van der Waals surface area contributed by atoms with Crippen molar-refractivity contribution in [1.82, 2.24) is 15.6 Å². The number of aromatic nitrogens is 1. The number of aliphatic imine (C=N–C) groups is 1. The van der Waals surface area contributed by atoms with Crippen molar-refractivity contribution in [3.63, 3.8) is 0 Å². The summed E-state index contributed by atoms with van der Waals surface area (Å²) >= 11 is 0. The Hall–Kier alpha value is -3.29. The Morgan fingerprint density at radius 3 is 2.48 bits per heavy atom. The molecular weight excluding hydrogens is 394 g/mol. The molecule has 3 N–H and O–H groups in total. The van der Waals surface area contributed by atoms with E-state index in [1.54, 1.807) is 13.1 Å². The number of nitrogens with one attached hydrogen (secondary N) is 3. The molecule has 0 radical (unpaired) electrons. The van der Waals surface area contributed by atoms with Gasteiger partial charge in [0.05, 0.1) is 13.2 Å². The summed E-state index contributed by atoms with van der Waals surface area (Å²) in [5.41, 5.74) is 2.00. The van der Waals surface area contributed by atoms with Gasteiger partial charge in [0.15, 0.2) is 17.5 Å². The molecule has 0 aliphatic rings. The molecule has 168 valence electrons. The fourth-order valence-electron chi connectivity index (χ4n) is 2.91. The maximum Gasteiger partial charge on any atom is 0.227 e. The van der Waals surface area contributed by atoms with Gasteiger partial charge in [-0.1, -0.05) is 12.1 Å². The Kier molecular flexibility index (Phi) is 10.1. The van der Waals surface area contributed by atoms with E-state index in [1.165, 1.54) is 0 Å². The Morgan fingerprint density at radius 1 is 1.03 bits per heavy atom. The molecule has 1 heterocycles. The molecule has 0 fully saturated rings. The van der Waals surface area contributed by atoms with Crippen molar-refractivity contribution in [3.05, 3.63) is 47.7 Å². The summed E-state index contributed by atoms with van der Waals surface area (Å²) < 4.78 is 11.3. The molecule has 0 atom stereocenters. The van der Waals surface area contributed by atoms with Gasteiger partial charge < -0.3 is 25.4 Å². The molecule has 0 spiro atoms. The van der Waals surface area contributed by atoms with E-state index < -0.39 is 0 Å². The van der Waals surface area contributed by atoms with Crippen LogP contribution in [-0.2, 0) is 11.2 Å². The molecule has 2 rings (SSSR count). The second kappa shape index (κ2) is 13.1. The topological polar surface area (TPSA) is 96.9 Å². The van der Waals surface area contributed by atoms with E-state index in [-0.39, 0.29) is 5.91 Å². The monoisotopic (exact) mass is 427 g/mol. The number of hydrogen-bond acceptors (Lipinski definition) is 5. The predicted octanol–water partition coefficient (Wildman–Crippen LogP) is 2.92. The number of ether oxygens (including phenoxy) is 2. The largest absolute Gasteiger partial charge is 0.490 e. The molecule has 8 nitrogen and oxygen atoms in total. The Balaban J connectivity index is 1.74. The number of nitrogens with zero attached hydrogens (tertiary/aromatic N) is 2. The second-order valence-corrected chi connectivity index (χ2v) is 6.79. The lowest BCUT2D eigenvalue weighted by Gasteiger charge is -2.14. The van der Waals surface area contributed by atoms with Gasteiger partial charge in [-0.3, -0.25) is 9.79 Å². The number of benzene rings is 1. The van der Waals surface area contributed by atoms with E-state index in [9.17, 15) is 4.79 Å². The third kappa shape index (κ3) is 8.54. The minimum absolute atomic E-state index is 0.0982. The van der Waals surface area contributed by atoms with Crippen molar-refractivity contribution in [2.45, 2.75) is 33.6 Å². The molecule has 2 aromatic rings. The highest BCUT2D eigenvalue weighted by Gasteiger charge is 2.07. The normalized spacial score (nSPS) is 11.0. The van der Waals surface area contributed by atoms with Crippen LogP contribution < -0.4 is 25.4 Å². The highest BCUT2D eigenvalue weighted by Crippen LogP contribution is 2.28. The van der Waals surface area contributed by atoms with Crippen LogP contribution in [-0.4, -0.2) is 50.2 Å². The molecule has 31 heavy (non-hydrogen) atoms. The van der Waals surface area contributed by atoms with E-state index in [2.05, 4.69) is 25.9 Å². The van der Waals surface area contributed by atoms with Crippen molar-refractivity contribution in [2.75, 3.05) is 38.7 Å². The number of anilines is 1. The summed E-state index contributed by atoms with van der Waals surface area (Å²) in [6.07, 6.45) is 1.11. The highest BCUT2D eigenvalue weighted by molar-refractivity contribution is 5.90. The minimum Gasteiger partial charge on any atom is -0.490 e. The van der Waals surface area contributed by atoms with Gasteiger partial charge in [0.1, 0.15) is 5.82 Å². The van der Waals surface area contributed by atoms with Gasteiger partial charge in [-0.2, -0.15) is 0 Å². The number of hydrogen-bond donors (Lipinski definition) is 3. The highest BCUT2D eigenvalue weighted by atomic mass is 16.5. The summed E-state index contributed by atoms with van der Waals surface area (Å²) in [5, 5.41) is 9.21. The summed E-state index contributed by atoms with van der Waals surface area (Å²) in [6, 6.07) is 11.5. The van der Waals surface area contributed by atoms with Crippen LogP contribution >= 0.6 is 0 Å². The van der Waals surface area contributed by atoms with Crippen molar-refractivity contribution >= 4 is 17.7 Å². The molecule has 1 aromatic heterocycles. The van der Waals surface area contributed by atoms with Gasteiger partial charge in [0.2, 0.25) is 5.91 Å². The Labute approximate surface area is 184 Å². The third-order valence-corrected chi connectivity index (χ3v) is 4.34. The average Bonchev–Trinajstić information content (AvgIpc) is 2.74. The van der Waals surface area contributed by atoms with Crippen LogP contribution in [0.2, 0.25) is 0 Å². The number of rotatable bonds is 11. The lowest BCUT2D eigenvalue weighted by atomic mass is 10.1. The van der Waals surface area contributed by atoms with Crippen molar-refractivity contribution < 1.29 is 14.3 Å². The second-order valence-electron chi connectivity index (χ2n) is 6.79. The Morgan fingerprint density at radius 2 is 1.77 bits per heavy atom. The van der Waals surface area contributed by atoms with E-state index in [0.29, 0.717) is 44.5 Å². The number of pyridine rings is 1. The zero-order chi connectivity index (χ0) is 22.5. The van der Waals surface area contributed by atoms with Gasteiger partial charge >= 0.3 is 0 Å². The maximum atomic E-state index is 12.1. The molecular formula is C23H33N5O3. The summed E-state index contributed by atoms with van der Waals surface area (Å²) in [5.74, 6) is 2.64. The molecule has 0 aliphatic carbocycles. The standard InChI is InChI=1S/C23H33N5O3/c1-5-30-19-11-10-18(16-20(19)31-6-2)12-14-25-23(24-4)26-15-13-22(29)28-21-9-7-8-17(3)27-21/h7-11,16H,5-6,12-15H2,1-4H3,(H2,24,25,26)(H,27,28,29). The number of amides is 1. The van der Waals surface area contributed by atoms with Gasteiger partial charge in [0, 0.05) is 32.3 Å². The first-order valence-corrected chi connectivity index (χ1v) is 10.6. The third-order valence-electron chi connectivity index (χ3n) is 4.34. The Bertz CT molecular complexity index is 870. The molecule has 8 heteroatoms. The van der Waals surface area contributed by atoms with Crippen LogP contribution in [0.1, 0.15) is 31.5 Å². The maximum absolute atomic E-state index is 12.1. The molecule has 0 unspecified atom stereocenters. The van der Waals surface area contributed by atoms with Gasteiger partial charge in [-0.25, -0.2) is 4.98 Å². The van der Waals surface area contributed by atoms with Crippen molar-refractivity contribution in [1.29, 1.82) is 0 Å². The lowest BCUT2D eigenvalue weighted by molar-refractivity contribution is -0.116. The molecule has 1 amide bonds. The van der Waals surface area contributed by atoms with Crippen LogP contribution in [0.25, 0.3) is 0 Å². The fourth-order valence-corrected chi connectivity index (χ4v) is 2.91. The van der Waals surface area contributed by atoms with Gasteiger partial charge in [-0.15, -0.1) is 0 Å². The van der Waals surface area contributed by atoms with E-state index in [1.807, 2.05) is 51.1 Å². The summed E-state index contributed by atoms with van der Waals surface area (Å²) in [7, 11) is 1.70. The molecule has 0 aliphatic heterocycles. The van der Waals surface area contributed by atoms with E-state index in [0.717, 1.165) is 29.2 Å². The minimum atomic E-state index is -0.0982. The van der Waals surface area contributed by atoms with Crippen LogP contribution in [0.4, 0.5) is 5.82 Å². The molecule has 1 aromatic carbocycles. The molecule has 0 saturated heterocycles. The number of carbonyl (C=O) groups is 1. The zero-order valence-electron chi connectivity index (χ0n) is 18.8. The molecule has 0 bridgehead atoms. The SMILES string of the molecule is CCOc1ccc(CCNC(=NC)NCCC(=O)Nc2cccc(C)n2)cc1OCC. The van der Waals surface area contributed by atoms with Crippen LogP contribution in [0.3, 0.4) is 0 Å². The van der Waals surface area contributed by atoms with E-state index >= 15 is 0 Å². The smallest absolute Gasteiger partial charge is 0.227 e. The zero-order valence-corrected chi connectivity index (χ0v) is 18.8. The summed E-state index contributed by atoms with van der Waals surface area (Å²) in [4.78, 5) is 20.6. The average molecular weight is 428 g/mol. The molecule has 0 saturated carbocycles. The van der Waals surface area contributed by atoms with Crippen LogP contribution in [0.5, 0.6) is 11.5 Å². The van der Waals surface area contributed by atoms with Gasteiger partial charge in [0.25, 0.3) is 0 Å². The van der Waals surface area contributed by atoms with Gasteiger partial charge in [-0.05, 0) is 57.0 Å². The number of carbonyl (C=O) groups excluding carboxylic acids is 1. The van der Waals surface area contributed by atoms with Crippen LogP contribution in [0, 0.1) is 6.92 Å². The predicted molar refractivity (Wildman–Crippen MR) is 124 cm³/mol. The number of guanidine groups is 1. The quantitative estimate of drug-likeness (QED) is 0.377. The first-order chi connectivity index (χ1) is 15.0. The fraction of sp³-hybridized carbons (Fsp3) is 0.435. The van der Waals surface area contributed by atoms with E-state index in [4.69, 9.17) is 9.47 Å². The lowest BCUT2D eigenvalue weighted by Crippen LogP contribution is -2.39. The summed E-state index contributed by atoms with van der Waals surface area (Å²) in [6.45, 7) is 8.15. The van der Waals surface area contributed by atoms with Crippen molar-refractivity contribution in [3.8, 4) is 11.5 Å².